The van der Waals surface area contributed by atoms with Crippen LogP contribution in [0.5, 0.6) is 0 Å². The van der Waals surface area contributed by atoms with Gasteiger partial charge in [0.05, 0.1) is 12.1 Å². The second kappa shape index (κ2) is 3.82. The molecule has 84 valence electrons. The number of oxazole rings is 1. The summed E-state index contributed by atoms with van der Waals surface area (Å²) in [6, 6.07) is 4.79. The topological polar surface area (TPSA) is 98.5 Å². The number of aromatic nitrogens is 1. The zero-order chi connectivity index (χ0) is 11.7. The maximum absolute atomic E-state index is 11.4. The molecule has 1 aromatic carbocycles. The van der Waals surface area contributed by atoms with E-state index in [0.29, 0.717) is 16.7 Å². The van der Waals surface area contributed by atoms with E-state index >= 15 is 0 Å². The van der Waals surface area contributed by atoms with Gasteiger partial charge in [-0.25, -0.2) is 4.79 Å². The molecule has 0 fully saturated rings. The molecule has 0 radical (unpaired) electrons. The van der Waals surface area contributed by atoms with E-state index in [1.807, 2.05) is 0 Å². The minimum atomic E-state index is -0.635. The second-order valence-corrected chi connectivity index (χ2v) is 3.38. The molecular weight excluding hydrogens is 212 g/mol. The summed E-state index contributed by atoms with van der Waals surface area (Å²) in [5.74, 6) is -1.26. The molecule has 2 rings (SSSR count). The van der Waals surface area contributed by atoms with Crippen LogP contribution >= 0.6 is 0 Å². The lowest BCUT2D eigenvalue weighted by molar-refractivity contribution is -0.118. The lowest BCUT2D eigenvalue weighted by Gasteiger charge is -1.99. The summed E-state index contributed by atoms with van der Waals surface area (Å²) >= 11 is 0. The Bertz CT molecular complexity index is 596. The van der Waals surface area contributed by atoms with Gasteiger partial charge in [0.1, 0.15) is 6.54 Å². The number of fused-ring (bicyclic) bond motifs is 1. The third-order valence-electron chi connectivity index (χ3n) is 2.23. The van der Waals surface area contributed by atoms with Crippen molar-refractivity contribution in [2.45, 2.75) is 13.2 Å². The van der Waals surface area contributed by atoms with Gasteiger partial charge < -0.3 is 15.3 Å². The van der Waals surface area contributed by atoms with Crippen molar-refractivity contribution in [2.75, 3.05) is 0 Å². The number of rotatable bonds is 3. The molecule has 16 heavy (non-hydrogen) atoms. The Labute approximate surface area is 89.9 Å². The fourth-order valence-corrected chi connectivity index (χ4v) is 1.51. The summed E-state index contributed by atoms with van der Waals surface area (Å²) < 4.78 is 6.05. The number of nitrogens with two attached hydrogens (primary N) is 1. The van der Waals surface area contributed by atoms with E-state index in [0.717, 1.165) is 4.57 Å². The average molecular weight is 222 g/mol. The van der Waals surface area contributed by atoms with Crippen LogP contribution in [0.1, 0.15) is 5.56 Å². The minimum absolute atomic E-state index is 0.147. The van der Waals surface area contributed by atoms with Crippen LogP contribution in [-0.4, -0.2) is 15.6 Å². The maximum Gasteiger partial charge on any atom is 0.420 e. The SMILES string of the molecule is NC(=O)Cn1c(=O)oc2ccc(CO)cc21. The van der Waals surface area contributed by atoms with E-state index in [1.165, 1.54) is 0 Å². The number of benzene rings is 1. The highest BCUT2D eigenvalue weighted by Crippen LogP contribution is 2.14. The molecule has 6 heteroatoms. The third-order valence-corrected chi connectivity index (χ3v) is 2.23. The molecular formula is C10H10N2O4. The molecule has 0 aliphatic heterocycles. The summed E-state index contributed by atoms with van der Waals surface area (Å²) in [6.07, 6.45) is 0. The van der Waals surface area contributed by atoms with Crippen molar-refractivity contribution in [1.82, 2.24) is 4.57 Å². The Morgan fingerprint density at radius 3 is 2.88 bits per heavy atom. The number of amides is 1. The summed E-state index contributed by atoms with van der Waals surface area (Å²) in [4.78, 5) is 22.2. The first-order valence-corrected chi connectivity index (χ1v) is 4.63. The van der Waals surface area contributed by atoms with Gasteiger partial charge in [0.25, 0.3) is 0 Å². The first kappa shape index (κ1) is 10.4. The molecule has 3 N–H and O–H groups in total. The Morgan fingerprint density at radius 2 is 2.25 bits per heavy atom. The van der Waals surface area contributed by atoms with Crippen molar-refractivity contribution >= 4 is 17.0 Å². The van der Waals surface area contributed by atoms with Crippen LogP contribution in [0.2, 0.25) is 0 Å². The number of hydrogen-bond acceptors (Lipinski definition) is 4. The fourth-order valence-electron chi connectivity index (χ4n) is 1.51. The van der Waals surface area contributed by atoms with Crippen LogP contribution in [0.4, 0.5) is 0 Å². The highest BCUT2D eigenvalue weighted by molar-refractivity contribution is 5.78. The molecule has 2 aromatic rings. The Balaban J connectivity index is 2.65. The van der Waals surface area contributed by atoms with Crippen LogP contribution in [0.15, 0.2) is 27.4 Å². The lowest BCUT2D eigenvalue weighted by Crippen LogP contribution is -2.24. The quantitative estimate of drug-likeness (QED) is 0.736. The van der Waals surface area contributed by atoms with E-state index in [-0.39, 0.29) is 13.2 Å². The molecule has 0 atom stereocenters. The van der Waals surface area contributed by atoms with Crippen molar-refractivity contribution in [3.05, 3.63) is 34.3 Å². The van der Waals surface area contributed by atoms with Crippen molar-refractivity contribution in [2.24, 2.45) is 5.73 Å². The third kappa shape index (κ3) is 1.70. The van der Waals surface area contributed by atoms with E-state index in [9.17, 15) is 9.59 Å². The molecule has 6 nitrogen and oxygen atoms in total. The van der Waals surface area contributed by atoms with Crippen molar-refractivity contribution in [3.8, 4) is 0 Å². The normalized spacial score (nSPS) is 10.8. The molecule has 0 aliphatic rings. The number of primary amides is 1. The van der Waals surface area contributed by atoms with Gasteiger partial charge in [0.2, 0.25) is 5.91 Å². The summed E-state index contributed by atoms with van der Waals surface area (Å²) in [5.41, 5.74) is 6.47. The van der Waals surface area contributed by atoms with Crippen LogP contribution in [0.25, 0.3) is 11.1 Å². The van der Waals surface area contributed by atoms with Gasteiger partial charge in [-0.3, -0.25) is 9.36 Å². The van der Waals surface area contributed by atoms with Crippen molar-refractivity contribution < 1.29 is 14.3 Å². The molecule has 0 spiro atoms. The first-order valence-electron chi connectivity index (χ1n) is 4.63. The number of aliphatic hydroxyl groups excluding tert-OH is 1. The van der Waals surface area contributed by atoms with E-state index in [4.69, 9.17) is 15.3 Å². The summed E-state index contributed by atoms with van der Waals surface area (Å²) in [5, 5.41) is 8.97. The van der Waals surface area contributed by atoms with E-state index < -0.39 is 11.7 Å². The van der Waals surface area contributed by atoms with Gasteiger partial charge in [-0.05, 0) is 17.7 Å². The number of aliphatic hydroxyl groups is 1. The number of nitrogens with zero attached hydrogens (tertiary/aromatic N) is 1. The predicted octanol–water partition coefficient (Wildman–Crippen LogP) is -0.428. The first-order chi connectivity index (χ1) is 7.61. The minimum Gasteiger partial charge on any atom is -0.408 e. The van der Waals surface area contributed by atoms with Crippen LogP contribution < -0.4 is 11.5 Å². The largest absolute Gasteiger partial charge is 0.420 e. The van der Waals surface area contributed by atoms with Crippen LogP contribution in [0, 0.1) is 0 Å². The maximum atomic E-state index is 11.4. The lowest BCUT2D eigenvalue weighted by atomic mass is 10.2. The Hall–Kier alpha value is -2.08. The zero-order valence-corrected chi connectivity index (χ0v) is 8.34. The summed E-state index contributed by atoms with van der Waals surface area (Å²) in [7, 11) is 0. The highest BCUT2D eigenvalue weighted by Gasteiger charge is 2.11. The van der Waals surface area contributed by atoms with E-state index in [2.05, 4.69) is 0 Å². The fraction of sp³-hybridized carbons (Fsp3) is 0.200. The number of carbonyl (C=O) groups is 1. The molecule has 0 saturated carbocycles. The Morgan fingerprint density at radius 1 is 1.50 bits per heavy atom. The van der Waals surface area contributed by atoms with E-state index in [1.54, 1.807) is 18.2 Å². The smallest absolute Gasteiger partial charge is 0.408 e. The molecule has 0 bridgehead atoms. The molecule has 1 amide bonds. The van der Waals surface area contributed by atoms with Gasteiger partial charge in [-0.1, -0.05) is 6.07 Å². The molecule has 0 unspecified atom stereocenters. The second-order valence-electron chi connectivity index (χ2n) is 3.38. The van der Waals surface area contributed by atoms with Crippen molar-refractivity contribution in [3.63, 3.8) is 0 Å². The molecule has 0 saturated heterocycles. The predicted molar refractivity (Wildman–Crippen MR) is 55.6 cm³/mol. The van der Waals surface area contributed by atoms with Gasteiger partial charge in [-0.2, -0.15) is 0 Å². The zero-order valence-electron chi connectivity index (χ0n) is 8.34. The number of carbonyl (C=O) groups excluding carboxylic acids is 1. The molecule has 1 heterocycles. The summed E-state index contributed by atoms with van der Waals surface area (Å²) in [6.45, 7) is -0.382. The highest BCUT2D eigenvalue weighted by atomic mass is 16.4. The van der Waals surface area contributed by atoms with Crippen LogP contribution in [-0.2, 0) is 17.9 Å². The van der Waals surface area contributed by atoms with Gasteiger partial charge in [0.15, 0.2) is 5.58 Å². The van der Waals surface area contributed by atoms with Gasteiger partial charge >= 0.3 is 5.76 Å². The standard InChI is InChI=1S/C10H10N2O4/c11-9(14)4-12-7-3-6(5-13)1-2-8(7)16-10(12)15/h1-3,13H,4-5H2,(H2,11,14). The number of hydrogen-bond donors (Lipinski definition) is 2. The van der Waals surface area contributed by atoms with Crippen LogP contribution in [0.3, 0.4) is 0 Å². The van der Waals surface area contributed by atoms with Crippen molar-refractivity contribution in [1.29, 1.82) is 0 Å². The monoisotopic (exact) mass is 222 g/mol. The molecule has 1 aromatic heterocycles. The van der Waals surface area contributed by atoms with Gasteiger partial charge in [-0.15, -0.1) is 0 Å². The Kier molecular flexibility index (Phi) is 2.49. The average Bonchev–Trinajstić information content (AvgIpc) is 2.54. The van der Waals surface area contributed by atoms with Gasteiger partial charge in [0, 0.05) is 0 Å². The molecule has 0 aliphatic carbocycles.